The van der Waals surface area contributed by atoms with E-state index < -0.39 is 6.04 Å². The van der Waals surface area contributed by atoms with Gasteiger partial charge in [-0.2, -0.15) is 0 Å². The van der Waals surface area contributed by atoms with Gasteiger partial charge >= 0.3 is 0 Å². The van der Waals surface area contributed by atoms with Crippen molar-refractivity contribution in [1.82, 2.24) is 10.2 Å². The fourth-order valence-corrected chi connectivity index (χ4v) is 3.21. The molecule has 3 rings (SSSR count). The van der Waals surface area contributed by atoms with Gasteiger partial charge in [-0.15, -0.1) is 12.4 Å². The molecule has 144 valence electrons. The summed E-state index contributed by atoms with van der Waals surface area (Å²) in [6.07, 6.45) is 1.48. The average molecular weight is 388 g/mol. The number of carbonyl (C=O) groups excluding carboxylic acids is 2. The molecule has 1 aliphatic heterocycles. The van der Waals surface area contributed by atoms with E-state index in [1.54, 1.807) is 0 Å². The van der Waals surface area contributed by atoms with E-state index >= 15 is 0 Å². The first-order chi connectivity index (χ1) is 12.5. The van der Waals surface area contributed by atoms with E-state index in [-0.39, 0.29) is 30.3 Å². The van der Waals surface area contributed by atoms with E-state index in [2.05, 4.69) is 5.32 Å². The number of hydrogen-bond donors (Lipinski definition) is 2. The SMILES string of the molecule is Cc1ccc(C(N)C(=O)NC2CCN(C(=O)c3ccccc3)CC2)cc1.Cl. The molecule has 2 aromatic carbocycles. The van der Waals surface area contributed by atoms with E-state index in [1.807, 2.05) is 66.4 Å². The zero-order chi connectivity index (χ0) is 18.5. The molecule has 0 saturated carbocycles. The van der Waals surface area contributed by atoms with Crippen molar-refractivity contribution in [2.24, 2.45) is 5.73 Å². The first-order valence-electron chi connectivity index (χ1n) is 9.01. The van der Waals surface area contributed by atoms with Gasteiger partial charge < -0.3 is 16.0 Å². The fourth-order valence-electron chi connectivity index (χ4n) is 3.21. The second-order valence-electron chi connectivity index (χ2n) is 6.83. The molecule has 3 N–H and O–H groups in total. The van der Waals surface area contributed by atoms with Crippen LogP contribution in [0.5, 0.6) is 0 Å². The summed E-state index contributed by atoms with van der Waals surface area (Å²) in [4.78, 5) is 26.7. The summed E-state index contributed by atoms with van der Waals surface area (Å²) in [5.74, 6) is -0.117. The Bertz CT molecular complexity index is 757. The lowest BCUT2D eigenvalue weighted by Crippen LogP contribution is -2.48. The molecule has 1 unspecified atom stereocenters. The Balaban J connectivity index is 0.00000261. The molecule has 6 heteroatoms. The van der Waals surface area contributed by atoms with Crippen molar-refractivity contribution >= 4 is 24.2 Å². The number of likely N-dealkylation sites (tertiary alicyclic amines) is 1. The minimum Gasteiger partial charge on any atom is -0.352 e. The topological polar surface area (TPSA) is 75.4 Å². The van der Waals surface area contributed by atoms with Crippen LogP contribution < -0.4 is 11.1 Å². The Morgan fingerprint density at radius 2 is 1.63 bits per heavy atom. The molecular formula is C21H26ClN3O2. The molecule has 0 aliphatic carbocycles. The molecule has 1 atom stereocenters. The van der Waals surface area contributed by atoms with Gasteiger partial charge in [0, 0.05) is 24.7 Å². The monoisotopic (exact) mass is 387 g/mol. The average Bonchev–Trinajstić information content (AvgIpc) is 2.68. The summed E-state index contributed by atoms with van der Waals surface area (Å²) in [6, 6.07) is 16.4. The van der Waals surface area contributed by atoms with Crippen LogP contribution in [0.15, 0.2) is 54.6 Å². The van der Waals surface area contributed by atoms with Crippen LogP contribution in [0.2, 0.25) is 0 Å². The molecule has 0 bridgehead atoms. The number of carbonyl (C=O) groups is 2. The molecule has 1 saturated heterocycles. The Morgan fingerprint density at radius 3 is 2.22 bits per heavy atom. The second kappa shape index (κ2) is 9.53. The van der Waals surface area contributed by atoms with E-state index in [4.69, 9.17) is 5.73 Å². The van der Waals surface area contributed by atoms with Crippen molar-refractivity contribution in [1.29, 1.82) is 0 Å². The lowest BCUT2D eigenvalue weighted by molar-refractivity contribution is -0.123. The lowest BCUT2D eigenvalue weighted by Gasteiger charge is -2.33. The van der Waals surface area contributed by atoms with Gasteiger partial charge in [-0.1, -0.05) is 48.0 Å². The number of nitrogens with zero attached hydrogens (tertiary/aromatic N) is 1. The van der Waals surface area contributed by atoms with E-state index in [9.17, 15) is 9.59 Å². The van der Waals surface area contributed by atoms with E-state index in [0.717, 1.165) is 24.0 Å². The summed E-state index contributed by atoms with van der Waals surface area (Å²) < 4.78 is 0. The molecule has 2 amide bonds. The van der Waals surface area contributed by atoms with Gasteiger partial charge in [-0.25, -0.2) is 0 Å². The van der Waals surface area contributed by atoms with Gasteiger partial charge in [-0.3, -0.25) is 9.59 Å². The van der Waals surface area contributed by atoms with Crippen LogP contribution in [0.1, 0.15) is 40.4 Å². The van der Waals surface area contributed by atoms with E-state index in [0.29, 0.717) is 18.7 Å². The third-order valence-electron chi connectivity index (χ3n) is 4.87. The highest BCUT2D eigenvalue weighted by Gasteiger charge is 2.26. The Labute approximate surface area is 166 Å². The highest BCUT2D eigenvalue weighted by Crippen LogP contribution is 2.16. The summed E-state index contributed by atoms with van der Waals surface area (Å²) >= 11 is 0. The van der Waals surface area contributed by atoms with Crippen LogP contribution in [0.4, 0.5) is 0 Å². The molecule has 5 nitrogen and oxygen atoms in total. The molecule has 0 spiro atoms. The highest BCUT2D eigenvalue weighted by molar-refractivity contribution is 5.94. The number of hydrogen-bond acceptors (Lipinski definition) is 3. The highest BCUT2D eigenvalue weighted by atomic mass is 35.5. The predicted octanol–water partition coefficient (Wildman–Crippen LogP) is 2.84. The van der Waals surface area contributed by atoms with Crippen LogP contribution in [0.3, 0.4) is 0 Å². The Hall–Kier alpha value is -2.37. The third kappa shape index (κ3) is 5.31. The first kappa shape index (κ1) is 20.9. The molecule has 2 aromatic rings. The smallest absolute Gasteiger partial charge is 0.253 e. The van der Waals surface area contributed by atoms with Crippen LogP contribution in [-0.4, -0.2) is 35.8 Å². The van der Waals surface area contributed by atoms with Crippen LogP contribution in [0, 0.1) is 6.92 Å². The number of rotatable bonds is 4. The lowest BCUT2D eigenvalue weighted by atomic mass is 10.0. The molecule has 0 aromatic heterocycles. The van der Waals surface area contributed by atoms with E-state index in [1.165, 1.54) is 0 Å². The third-order valence-corrected chi connectivity index (χ3v) is 4.87. The maximum absolute atomic E-state index is 12.5. The molecule has 1 fully saturated rings. The number of nitrogens with two attached hydrogens (primary N) is 1. The zero-order valence-corrected chi connectivity index (χ0v) is 16.2. The summed E-state index contributed by atoms with van der Waals surface area (Å²) in [7, 11) is 0. The summed E-state index contributed by atoms with van der Waals surface area (Å²) in [6.45, 7) is 3.27. The van der Waals surface area contributed by atoms with Crippen molar-refractivity contribution in [3.8, 4) is 0 Å². The minimum absolute atomic E-state index is 0. The van der Waals surface area contributed by atoms with Crippen LogP contribution in [0.25, 0.3) is 0 Å². The van der Waals surface area contributed by atoms with Gasteiger partial charge in [-0.05, 0) is 37.5 Å². The summed E-state index contributed by atoms with van der Waals surface area (Å²) in [5, 5.41) is 3.03. The number of halogens is 1. The largest absolute Gasteiger partial charge is 0.352 e. The first-order valence-corrected chi connectivity index (χ1v) is 9.01. The molecule has 1 aliphatic rings. The number of benzene rings is 2. The second-order valence-corrected chi connectivity index (χ2v) is 6.83. The molecular weight excluding hydrogens is 362 g/mol. The van der Waals surface area contributed by atoms with Crippen LogP contribution in [-0.2, 0) is 4.79 Å². The Morgan fingerprint density at radius 1 is 1.04 bits per heavy atom. The van der Waals surface area contributed by atoms with Gasteiger partial charge in [0.1, 0.15) is 6.04 Å². The molecule has 1 heterocycles. The molecule has 27 heavy (non-hydrogen) atoms. The Kier molecular flexibility index (Phi) is 7.39. The summed E-state index contributed by atoms with van der Waals surface area (Å²) in [5.41, 5.74) is 8.73. The van der Waals surface area contributed by atoms with Gasteiger partial charge in [0.15, 0.2) is 0 Å². The van der Waals surface area contributed by atoms with Gasteiger partial charge in [0.2, 0.25) is 5.91 Å². The molecule has 0 radical (unpaired) electrons. The van der Waals surface area contributed by atoms with Crippen molar-refractivity contribution < 1.29 is 9.59 Å². The fraction of sp³-hybridized carbons (Fsp3) is 0.333. The van der Waals surface area contributed by atoms with Crippen molar-refractivity contribution in [3.05, 3.63) is 71.3 Å². The van der Waals surface area contributed by atoms with Crippen molar-refractivity contribution in [2.75, 3.05) is 13.1 Å². The van der Waals surface area contributed by atoms with Gasteiger partial charge in [0.25, 0.3) is 5.91 Å². The predicted molar refractivity (Wildman–Crippen MR) is 109 cm³/mol. The quantitative estimate of drug-likeness (QED) is 0.847. The maximum Gasteiger partial charge on any atom is 0.253 e. The number of aryl methyl sites for hydroxylation is 1. The standard InChI is InChI=1S/C21H25N3O2.ClH/c1-15-7-9-16(10-8-15)19(22)20(25)23-18-11-13-24(14-12-18)21(26)17-5-3-2-4-6-17;/h2-10,18-19H,11-14,22H2,1H3,(H,23,25);1H. The number of nitrogens with one attached hydrogen (secondary N) is 1. The van der Waals surface area contributed by atoms with Crippen molar-refractivity contribution in [3.63, 3.8) is 0 Å². The zero-order valence-electron chi connectivity index (χ0n) is 15.4. The number of amides is 2. The minimum atomic E-state index is -0.667. The number of piperidine rings is 1. The van der Waals surface area contributed by atoms with Crippen molar-refractivity contribution in [2.45, 2.75) is 31.8 Å². The van der Waals surface area contributed by atoms with Crippen LogP contribution >= 0.6 is 12.4 Å². The van der Waals surface area contributed by atoms with Gasteiger partial charge in [0.05, 0.1) is 0 Å². The maximum atomic E-state index is 12.5. The normalized spacial score (nSPS) is 15.6.